The number of carbonyl (C=O) groups excluding carboxylic acids is 1. The molecule has 0 amide bonds. The van der Waals surface area contributed by atoms with Crippen LogP contribution in [0.3, 0.4) is 0 Å². The van der Waals surface area contributed by atoms with Crippen LogP contribution >= 0.6 is 23.4 Å². The first-order valence-electron chi connectivity index (χ1n) is 5.45. The molecule has 0 spiro atoms. The van der Waals surface area contributed by atoms with Crippen molar-refractivity contribution in [1.29, 1.82) is 0 Å². The van der Waals surface area contributed by atoms with Crippen LogP contribution in [0.2, 0.25) is 5.02 Å². The fraction of sp³-hybridized carbons (Fsp3) is 0.0714. The van der Waals surface area contributed by atoms with E-state index in [0.29, 0.717) is 10.6 Å². The van der Waals surface area contributed by atoms with E-state index >= 15 is 0 Å². The number of phenols is 1. The van der Waals surface area contributed by atoms with Gasteiger partial charge in [0.25, 0.3) is 0 Å². The zero-order valence-electron chi connectivity index (χ0n) is 10.1. The fourth-order valence-corrected chi connectivity index (χ4v) is 2.59. The lowest BCUT2D eigenvalue weighted by molar-refractivity contribution is 0.0600. The van der Waals surface area contributed by atoms with Crippen molar-refractivity contribution in [3.63, 3.8) is 0 Å². The molecule has 0 aliphatic rings. The number of hydrogen-bond acceptors (Lipinski definition) is 4. The van der Waals surface area contributed by atoms with Crippen molar-refractivity contribution in [3.05, 3.63) is 53.1 Å². The molecule has 0 heterocycles. The van der Waals surface area contributed by atoms with Crippen molar-refractivity contribution in [2.75, 3.05) is 7.11 Å². The first-order valence-corrected chi connectivity index (χ1v) is 6.64. The third-order valence-electron chi connectivity index (χ3n) is 2.42. The van der Waals surface area contributed by atoms with Gasteiger partial charge in [0.15, 0.2) is 0 Å². The maximum atomic E-state index is 11.3. The first kappa shape index (κ1) is 13.8. The number of rotatable bonds is 3. The maximum absolute atomic E-state index is 11.3. The smallest absolute Gasteiger partial charge is 0.337 e. The van der Waals surface area contributed by atoms with Crippen LogP contribution in [-0.4, -0.2) is 18.2 Å². The fourth-order valence-electron chi connectivity index (χ4n) is 1.48. The number of ether oxygens (including phenoxy) is 1. The Kier molecular flexibility index (Phi) is 4.35. The lowest BCUT2D eigenvalue weighted by Crippen LogP contribution is -2.00. The molecule has 2 aromatic carbocycles. The molecule has 0 saturated heterocycles. The number of phenolic OH excluding ortho intramolecular Hbond substituents is 1. The van der Waals surface area contributed by atoms with Crippen LogP contribution in [0, 0.1) is 0 Å². The van der Waals surface area contributed by atoms with Gasteiger partial charge in [-0.15, -0.1) is 0 Å². The summed E-state index contributed by atoms with van der Waals surface area (Å²) in [5.74, 6) is -0.227. The Morgan fingerprint density at radius 1 is 1.21 bits per heavy atom. The average molecular weight is 295 g/mol. The molecule has 5 heteroatoms. The number of carbonyl (C=O) groups is 1. The zero-order valence-corrected chi connectivity index (χ0v) is 11.7. The minimum atomic E-state index is -0.362. The Bertz CT molecular complexity index is 596. The van der Waals surface area contributed by atoms with Gasteiger partial charge < -0.3 is 9.84 Å². The van der Waals surface area contributed by atoms with Crippen LogP contribution in [0.25, 0.3) is 0 Å². The summed E-state index contributed by atoms with van der Waals surface area (Å²) in [4.78, 5) is 13.1. The zero-order chi connectivity index (χ0) is 13.8. The summed E-state index contributed by atoms with van der Waals surface area (Å²) in [5.41, 5.74) is 0.503. The van der Waals surface area contributed by atoms with Gasteiger partial charge in [0, 0.05) is 9.79 Å². The molecule has 0 unspecified atom stereocenters. The SMILES string of the molecule is COC(=O)c1ccc(Sc2ccc(O)cc2Cl)cc1. The Labute approximate surface area is 120 Å². The summed E-state index contributed by atoms with van der Waals surface area (Å²) < 4.78 is 4.63. The molecule has 0 radical (unpaired) electrons. The van der Waals surface area contributed by atoms with Gasteiger partial charge in [-0.1, -0.05) is 23.4 Å². The van der Waals surface area contributed by atoms with Crippen molar-refractivity contribution < 1.29 is 14.6 Å². The van der Waals surface area contributed by atoms with E-state index in [-0.39, 0.29) is 11.7 Å². The quantitative estimate of drug-likeness (QED) is 0.870. The standard InChI is InChI=1S/C14H11ClO3S/c1-18-14(17)9-2-5-11(6-3-9)19-13-7-4-10(16)8-12(13)15/h2-8,16H,1H3. The summed E-state index contributed by atoms with van der Waals surface area (Å²) in [6, 6.07) is 11.9. The molecule has 2 aromatic rings. The number of esters is 1. The minimum Gasteiger partial charge on any atom is -0.508 e. The molecule has 3 nitrogen and oxygen atoms in total. The van der Waals surface area contributed by atoms with E-state index in [1.54, 1.807) is 24.3 Å². The topological polar surface area (TPSA) is 46.5 Å². The van der Waals surface area contributed by atoms with Gasteiger partial charge >= 0.3 is 5.97 Å². The van der Waals surface area contributed by atoms with Crippen LogP contribution < -0.4 is 0 Å². The van der Waals surface area contributed by atoms with Gasteiger partial charge in [-0.2, -0.15) is 0 Å². The van der Waals surface area contributed by atoms with Crippen molar-refractivity contribution in [1.82, 2.24) is 0 Å². The monoisotopic (exact) mass is 294 g/mol. The van der Waals surface area contributed by atoms with E-state index in [2.05, 4.69) is 4.74 Å². The molecular weight excluding hydrogens is 284 g/mol. The van der Waals surface area contributed by atoms with E-state index in [1.165, 1.54) is 24.9 Å². The van der Waals surface area contributed by atoms with E-state index in [0.717, 1.165) is 9.79 Å². The van der Waals surface area contributed by atoms with E-state index in [1.807, 2.05) is 12.1 Å². The number of aromatic hydroxyl groups is 1. The average Bonchev–Trinajstić information content (AvgIpc) is 2.42. The number of halogens is 1. The predicted molar refractivity (Wildman–Crippen MR) is 75.0 cm³/mol. The molecule has 2 rings (SSSR count). The van der Waals surface area contributed by atoms with Gasteiger partial charge in [-0.05, 0) is 42.5 Å². The second-order valence-electron chi connectivity index (χ2n) is 3.73. The van der Waals surface area contributed by atoms with Crippen molar-refractivity contribution >= 4 is 29.3 Å². The van der Waals surface area contributed by atoms with Crippen molar-refractivity contribution in [2.45, 2.75) is 9.79 Å². The summed E-state index contributed by atoms with van der Waals surface area (Å²) in [7, 11) is 1.35. The minimum absolute atomic E-state index is 0.135. The molecule has 0 aromatic heterocycles. The first-order chi connectivity index (χ1) is 9.10. The Morgan fingerprint density at radius 2 is 1.89 bits per heavy atom. The molecule has 1 N–H and O–H groups in total. The van der Waals surface area contributed by atoms with Crippen LogP contribution in [-0.2, 0) is 4.74 Å². The Morgan fingerprint density at radius 3 is 2.47 bits per heavy atom. The highest BCUT2D eigenvalue weighted by molar-refractivity contribution is 7.99. The van der Waals surface area contributed by atoms with Crippen LogP contribution in [0.1, 0.15) is 10.4 Å². The summed E-state index contributed by atoms with van der Waals surface area (Å²) in [6.45, 7) is 0. The molecule has 98 valence electrons. The summed E-state index contributed by atoms with van der Waals surface area (Å²) >= 11 is 7.48. The second-order valence-corrected chi connectivity index (χ2v) is 5.26. The van der Waals surface area contributed by atoms with Crippen LogP contribution in [0.15, 0.2) is 52.3 Å². The van der Waals surface area contributed by atoms with Gasteiger partial charge in [0.05, 0.1) is 17.7 Å². The Balaban J connectivity index is 2.17. The highest BCUT2D eigenvalue weighted by Crippen LogP contribution is 2.35. The molecule has 0 atom stereocenters. The van der Waals surface area contributed by atoms with E-state index < -0.39 is 0 Å². The third kappa shape index (κ3) is 3.43. The summed E-state index contributed by atoms with van der Waals surface area (Å²) in [5, 5.41) is 9.77. The molecule has 0 bridgehead atoms. The normalized spacial score (nSPS) is 10.2. The van der Waals surface area contributed by atoms with Gasteiger partial charge in [0.1, 0.15) is 5.75 Å². The highest BCUT2D eigenvalue weighted by atomic mass is 35.5. The van der Waals surface area contributed by atoms with Crippen molar-refractivity contribution in [2.24, 2.45) is 0 Å². The van der Waals surface area contributed by atoms with E-state index in [9.17, 15) is 9.90 Å². The second kappa shape index (κ2) is 5.99. The Hall–Kier alpha value is -1.65. The largest absolute Gasteiger partial charge is 0.508 e. The predicted octanol–water partition coefficient (Wildman–Crippen LogP) is 3.98. The van der Waals surface area contributed by atoms with Crippen molar-refractivity contribution in [3.8, 4) is 5.75 Å². The molecular formula is C14H11ClO3S. The van der Waals surface area contributed by atoms with Gasteiger partial charge in [0.2, 0.25) is 0 Å². The highest BCUT2D eigenvalue weighted by Gasteiger charge is 2.07. The maximum Gasteiger partial charge on any atom is 0.337 e. The van der Waals surface area contributed by atoms with Gasteiger partial charge in [-0.3, -0.25) is 0 Å². The number of methoxy groups -OCH3 is 1. The molecule has 0 fully saturated rings. The number of benzene rings is 2. The molecule has 0 aliphatic heterocycles. The number of hydrogen-bond donors (Lipinski definition) is 1. The molecule has 0 saturated carbocycles. The van der Waals surface area contributed by atoms with Crippen LogP contribution in [0.4, 0.5) is 0 Å². The van der Waals surface area contributed by atoms with E-state index in [4.69, 9.17) is 11.6 Å². The molecule has 0 aliphatic carbocycles. The molecule has 19 heavy (non-hydrogen) atoms. The lowest BCUT2D eigenvalue weighted by atomic mass is 10.2. The third-order valence-corrected chi connectivity index (χ3v) is 3.93. The van der Waals surface area contributed by atoms with Crippen LogP contribution in [0.5, 0.6) is 5.75 Å². The van der Waals surface area contributed by atoms with Gasteiger partial charge in [-0.25, -0.2) is 4.79 Å². The summed E-state index contributed by atoms with van der Waals surface area (Å²) in [6.07, 6.45) is 0. The lowest BCUT2D eigenvalue weighted by Gasteiger charge is -2.05.